The van der Waals surface area contributed by atoms with E-state index in [2.05, 4.69) is 10.3 Å². The summed E-state index contributed by atoms with van der Waals surface area (Å²) in [7, 11) is 1.33. The van der Waals surface area contributed by atoms with Crippen molar-refractivity contribution in [2.45, 2.75) is 6.92 Å². The van der Waals surface area contributed by atoms with Crippen molar-refractivity contribution in [2.75, 3.05) is 7.11 Å². The molecule has 0 fully saturated rings. The SMILES string of the molecule is CONC(=O)c1c(C)oc(-n2cccc2)c1C#N. The number of amides is 1. The van der Waals surface area contributed by atoms with Crippen LogP contribution in [0.4, 0.5) is 0 Å². The van der Waals surface area contributed by atoms with Crippen LogP contribution >= 0.6 is 0 Å². The summed E-state index contributed by atoms with van der Waals surface area (Å²) >= 11 is 0. The molecule has 2 aromatic rings. The topological polar surface area (TPSA) is 80.2 Å². The summed E-state index contributed by atoms with van der Waals surface area (Å²) in [5.74, 6) is 0.180. The normalized spacial score (nSPS) is 10.1. The number of furan rings is 1. The standard InChI is InChI=1S/C12H11N3O3/c1-8-10(11(16)14-17-2)9(7-13)12(18-8)15-5-3-4-6-15/h3-6H,1-2H3,(H,14,16). The smallest absolute Gasteiger partial charge is 0.279 e. The largest absolute Gasteiger partial charge is 0.443 e. The van der Waals surface area contributed by atoms with E-state index >= 15 is 0 Å². The Morgan fingerprint density at radius 2 is 2.17 bits per heavy atom. The highest BCUT2D eigenvalue weighted by atomic mass is 16.6. The number of rotatable bonds is 3. The number of aromatic nitrogens is 1. The lowest BCUT2D eigenvalue weighted by Crippen LogP contribution is -2.23. The van der Waals surface area contributed by atoms with Crippen LogP contribution in [0.1, 0.15) is 21.7 Å². The first kappa shape index (κ1) is 12.0. The molecule has 0 spiro atoms. The van der Waals surface area contributed by atoms with Crippen LogP contribution in [0.15, 0.2) is 28.9 Å². The number of hydrogen-bond acceptors (Lipinski definition) is 4. The third-order valence-corrected chi connectivity index (χ3v) is 2.44. The Balaban J connectivity index is 2.56. The van der Waals surface area contributed by atoms with Crippen LogP contribution in [0.2, 0.25) is 0 Å². The van der Waals surface area contributed by atoms with Gasteiger partial charge in [-0.1, -0.05) is 0 Å². The minimum Gasteiger partial charge on any atom is -0.443 e. The number of aryl methyl sites for hydroxylation is 1. The molecule has 0 unspecified atom stereocenters. The van der Waals surface area contributed by atoms with E-state index in [1.165, 1.54) is 7.11 Å². The average molecular weight is 245 g/mol. The van der Waals surface area contributed by atoms with Crippen LogP contribution in [0.3, 0.4) is 0 Å². The number of carbonyl (C=O) groups excluding carboxylic acids is 1. The molecular formula is C12H11N3O3. The molecule has 0 bridgehead atoms. The predicted octanol–water partition coefficient (Wildman–Crippen LogP) is 1.54. The molecule has 18 heavy (non-hydrogen) atoms. The van der Waals surface area contributed by atoms with Gasteiger partial charge in [-0.2, -0.15) is 5.26 Å². The van der Waals surface area contributed by atoms with Crippen molar-refractivity contribution in [3.63, 3.8) is 0 Å². The summed E-state index contributed by atoms with van der Waals surface area (Å²) in [6.45, 7) is 1.62. The Morgan fingerprint density at radius 3 is 2.72 bits per heavy atom. The highest BCUT2D eigenvalue weighted by molar-refractivity contribution is 5.97. The van der Waals surface area contributed by atoms with Crippen molar-refractivity contribution in [1.29, 1.82) is 5.26 Å². The first-order valence-corrected chi connectivity index (χ1v) is 5.19. The summed E-state index contributed by atoms with van der Waals surface area (Å²) in [5, 5.41) is 9.18. The van der Waals surface area contributed by atoms with E-state index in [0.717, 1.165) is 0 Å². The van der Waals surface area contributed by atoms with E-state index in [9.17, 15) is 10.1 Å². The van der Waals surface area contributed by atoms with Crippen molar-refractivity contribution in [3.8, 4) is 12.0 Å². The highest BCUT2D eigenvalue weighted by Gasteiger charge is 2.24. The maximum absolute atomic E-state index is 11.8. The average Bonchev–Trinajstić information content (AvgIpc) is 2.95. The monoisotopic (exact) mass is 245 g/mol. The molecule has 0 aliphatic carbocycles. The molecule has 0 aliphatic rings. The fourth-order valence-electron chi connectivity index (χ4n) is 1.70. The van der Waals surface area contributed by atoms with Gasteiger partial charge in [0.15, 0.2) is 0 Å². The second kappa shape index (κ2) is 4.77. The van der Waals surface area contributed by atoms with E-state index < -0.39 is 5.91 Å². The van der Waals surface area contributed by atoms with E-state index in [0.29, 0.717) is 11.6 Å². The fourth-order valence-corrected chi connectivity index (χ4v) is 1.70. The minimum atomic E-state index is -0.506. The van der Waals surface area contributed by atoms with Gasteiger partial charge in [-0.25, -0.2) is 5.48 Å². The Hall–Kier alpha value is -2.52. The zero-order valence-electron chi connectivity index (χ0n) is 9.93. The molecule has 0 radical (unpaired) electrons. The Bertz CT molecular complexity index is 605. The van der Waals surface area contributed by atoms with Gasteiger partial charge in [0.1, 0.15) is 23.0 Å². The van der Waals surface area contributed by atoms with Crippen molar-refractivity contribution >= 4 is 5.91 Å². The number of nitrogens with zero attached hydrogens (tertiary/aromatic N) is 2. The molecule has 6 heteroatoms. The second-order valence-corrected chi connectivity index (χ2v) is 3.55. The van der Waals surface area contributed by atoms with Gasteiger partial charge in [0.2, 0.25) is 5.88 Å². The zero-order chi connectivity index (χ0) is 13.1. The number of carbonyl (C=O) groups is 1. The minimum absolute atomic E-state index is 0.179. The van der Waals surface area contributed by atoms with Crippen LogP contribution in [0, 0.1) is 18.3 Å². The highest BCUT2D eigenvalue weighted by Crippen LogP contribution is 2.25. The molecule has 0 atom stereocenters. The molecular weight excluding hydrogens is 234 g/mol. The second-order valence-electron chi connectivity index (χ2n) is 3.55. The van der Waals surface area contributed by atoms with Gasteiger partial charge in [-0.3, -0.25) is 14.2 Å². The maximum Gasteiger partial charge on any atom is 0.279 e. The van der Waals surface area contributed by atoms with E-state index in [1.807, 2.05) is 6.07 Å². The fraction of sp³-hybridized carbons (Fsp3) is 0.167. The quantitative estimate of drug-likeness (QED) is 0.832. The maximum atomic E-state index is 11.8. The molecule has 92 valence electrons. The number of nitriles is 1. The number of hydroxylamine groups is 1. The van der Waals surface area contributed by atoms with Gasteiger partial charge in [-0.15, -0.1) is 0 Å². The van der Waals surface area contributed by atoms with Crippen LogP contribution < -0.4 is 5.48 Å². The first-order chi connectivity index (χ1) is 8.69. The summed E-state index contributed by atoms with van der Waals surface area (Å²) in [6, 6.07) is 5.58. The first-order valence-electron chi connectivity index (χ1n) is 5.19. The molecule has 2 heterocycles. The molecule has 0 saturated carbocycles. The molecule has 0 aliphatic heterocycles. The van der Waals surface area contributed by atoms with Gasteiger partial charge in [0, 0.05) is 12.4 Å². The van der Waals surface area contributed by atoms with Gasteiger partial charge >= 0.3 is 0 Å². The molecule has 0 saturated heterocycles. The van der Waals surface area contributed by atoms with E-state index in [-0.39, 0.29) is 11.1 Å². The molecule has 1 N–H and O–H groups in total. The van der Waals surface area contributed by atoms with Crippen molar-refractivity contribution in [2.24, 2.45) is 0 Å². The molecule has 2 aromatic heterocycles. The van der Waals surface area contributed by atoms with E-state index in [4.69, 9.17) is 4.42 Å². The molecule has 0 aromatic carbocycles. The Kier molecular flexibility index (Phi) is 3.17. The summed E-state index contributed by atoms with van der Waals surface area (Å²) in [6.07, 6.45) is 3.47. The summed E-state index contributed by atoms with van der Waals surface area (Å²) < 4.78 is 7.11. The van der Waals surface area contributed by atoms with Crippen LogP contribution in [-0.2, 0) is 4.84 Å². The van der Waals surface area contributed by atoms with E-state index in [1.54, 1.807) is 36.0 Å². The van der Waals surface area contributed by atoms with Crippen LogP contribution in [0.25, 0.3) is 5.88 Å². The Morgan fingerprint density at radius 1 is 1.50 bits per heavy atom. The lowest BCUT2D eigenvalue weighted by Gasteiger charge is -2.00. The van der Waals surface area contributed by atoms with Crippen LogP contribution in [-0.4, -0.2) is 17.6 Å². The predicted molar refractivity (Wildman–Crippen MR) is 62.0 cm³/mol. The third kappa shape index (κ3) is 1.87. The van der Waals surface area contributed by atoms with Crippen molar-refractivity contribution in [1.82, 2.24) is 10.0 Å². The third-order valence-electron chi connectivity index (χ3n) is 2.44. The molecule has 1 amide bonds. The lowest BCUT2D eigenvalue weighted by atomic mass is 10.1. The molecule has 6 nitrogen and oxygen atoms in total. The Labute approximate surface area is 103 Å². The number of nitrogens with one attached hydrogen (secondary N) is 1. The molecule has 2 rings (SSSR count). The van der Waals surface area contributed by atoms with Crippen LogP contribution in [0.5, 0.6) is 0 Å². The van der Waals surface area contributed by atoms with Crippen molar-refractivity contribution in [3.05, 3.63) is 41.4 Å². The van der Waals surface area contributed by atoms with Gasteiger partial charge in [0.25, 0.3) is 5.91 Å². The van der Waals surface area contributed by atoms with Gasteiger partial charge < -0.3 is 4.42 Å². The van der Waals surface area contributed by atoms with Crippen molar-refractivity contribution < 1.29 is 14.0 Å². The summed E-state index contributed by atoms with van der Waals surface area (Å²) in [4.78, 5) is 16.3. The number of hydrogen-bond donors (Lipinski definition) is 1. The zero-order valence-corrected chi connectivity index (χ0v) is 9.93. The lowest BCUT2D eigenvalue weighted by molar-refractivity contribution is 0.0536. The van der Waals surface area contributed by atoms with Gasteiger partial charge in [0.05, 0.1) is 7.11 Å². The van der Waals surface area contributed by atoms with Gasteiger partial charge in [-0.05, 0) is 19.1 Å². The summed E-state index contributed by atoms with van der Waals surface area (Å²) in [5.41, 5.74) is 2.54.